The Bertz CT molecular complexity index is 99.9. The summed E-state index contributed by atoms with van der Waals surface area (Å²) in [4.78, 5) is 4.99. The standard InChI is InChI=1S/C4H7NO2/c1-4-2-5(6)7-3-4/h2,4H,3H2,1H3. The molecule has 1 heterocycles. The second kappa shape index (κ2) is 1.40. The van der Waals surface area contributed by atoms with Crippen molar-refractivity contribution in [3.05, 3.63) is 5.21 Å². The molecule has 1 aliphatic heterocycles. The van der Waals surface area contributed by atoms with Crippen molar-refractivity contribution in [2.24, 2.45) is 5.92 Å². The van der Waals surface area contributed by atoms with Gasteiger partial charge in [0.05, 0.1) is 12.5 Å². The largest absolute Gasteiger partial charge is 0.403 e. The molecule has 0 N–H and O–H groups in total. The lowest BCUT2D eigenvalue weighted by Gasteiger charge is -1.92. The van der Waals surface area contributed by atoms with Gasteiger partial charge in [-0.05, 0) is 0 Å². The summed E-state index contributed by atoms with van der Waals surface area (Å²) in [5.41, 5.74) is 0. The molecule has 1 rings (SSSR count). The summed E-state index contributed by atoms with van der Waals surface area (Å²) in [5.74, 6) is 0.289. The first kappa shape index (κ1) is 4.43. The summed E-state index contributed by atoms with van der Waals surface area (Å²) < 4.78 is 0. The molecule has 1 unspecified atom stereocenters. The zero-order valence-corrected chi connectivity index (χ0v) is 4.13. The lowest BCUT2D eigenvalue weighted by molar-refractivity contribution is -0.728. The molecule has 0 amide bonds. The number of rotatable bonds is 0. The van der Waals surface area contributed by atoms with Crippen LogP contribution in [0.1, 0.15) is 6.92 Å². The average Bonchev–Trinajstić information content (AvgIpc) is 1.87. The highest BCUT2D eigenvalue weighted by Crippen LogP contribution is 1.98. The highest BCUT2D eigenvalue weighted by atomic mass is 16.9. The van der Waals surface area contributed by atoms with Gasteiger partial charge in [0.15, 0.2) is 0 Å². The molecule has 0 aromatic rings. The second-order valence-electron chi connectivity index (χ2n) is 1.71. The van der Waals surface area contributed by atoms with Crippen LogP contribution < -0.4 is 0 Å². The lowest BCUT2D eigenvalue weighted by atomic mass is 10.2. The van der Waals surface area contributed by atoms with E-state index in [0.29, 0.717) is 11.5 Å². The van der Waals surface area contributed by atoms with E-state index < -0.39 is 0 Å². The molecule has 0 saturated heterocycles. The SMILES string of the molecule is CC1C=[N+]([O-])OC1. The summed E-state index contributed by atoms with van der Waals surface area (Å²) in [6.45, 7) is 2.46. The third-order valence-corrected chi connectivity index (χ3v) is 0.841. The van der Waals surface area contributed by atoms with E-state index in [-0.39, 0.29) is 5.92 Å². The molecule has 0 aromatic heterocycles. The van der Waals surface area contributed by atoms with Crippen LogP contribution in [0.5, 0.6) is 0 Å². The van der Waals surface area contributed by atoms with Crippen LogP contribution in [0.15, 0.2) is 0 Å². The van der Waals surface area contributed by atoms with Crippen molar-refractivity contribution in [3.8, 4) is 0 Å². The Hall–Kier alpha value is -0.730. The Kier molecular flexibility index (Phi) is 0.889. The molecule has 0 bridgehead atoms. The molecule has 3 heteroatoms. The first-order chi connectivity index (χ1) is 3.29. The van der Waals surface area contributed by atoms with Gasteiger partial charge in [-0.2, -0.15) is 0 Å². The first-order valence-corrected chi connectivity index (χ1v) is 2.23. The van der Waals surface area contributed by atoms with Crippen LogP contribution >= 0.6 is 0 Å². The molecule has 3 nitrogen and oxygen atoms in total. The van der Waals surface area contributed by atoms with E-state index in [0.717, 1.165) is 0 Å². The smallest absolute Gasteiger partial charge is 0.213 e. The molecule has 1 atom stereocenters. The maximum absolute atomic E-state index is 10.1. The fraction of sp³-hybridized carbons (Fsp3) is 0.750. The predicted molar refractivity (Wildman–Crippen MR) is 24.8 cm³/mol. The highest BCUT2D eigenvalue weighted by molar-refractivity contribution is 5.55. The Labute approximate surface area is 41.7 Å². The van der Waals surface area contributed by atoms with Gasteiger partial charge in [-0.25, -0.2) is 0 Å². The van der Waals surface area contributed by atoms with Crippen LogP contribution in [0, 0.1) is 11.1 Å². The van der Waals surface area contributed by atoms with Crippen molar-refractivity contribution < 1.29 is 9.74 Å². The Balaban J connectivity index is 2.50. The van der Waals surface area contributed by atoms with Gasteiger partial charge in [0, 0.05) is 4.90 Å². The molecule has 0 spiro atoms. The van der Waals surface area contributed by atoms with E-state index in [9.17, 15) is 5.21 Å². The minimum atomic E-state index is 0.289. The third-order valence-electron chi connectivity index (χ3n) is 0.841. The van der Waals surface area contributed by atoms with Crippen LogP contribution in [0.25, 0.3) is 0 Å². The maximum atomic E-state index is 10.1. The molecule has 0 aliphatic carbocycles. The molecular weight excluding hydrogens is 94.0 g/mol. The van der Waals surface area contributed by atoms with Crippen molar-refractivity contribution in [2.45, 2.75) is 6.92 Å². The van der Waals surface area contributed by atoms with Gasteiger partial charge in [0.25, 0.3) is 0 Å². The van der Waals surface area contributed by atoms with E-state index in [1.54, 1.807) is 0 Å². The van der Waals surface area contributed by atoms with Gasteiger partial charge in [0.2, 0.25) is 6.21 Å². The summed E-state index contributed by atoms with van der Waals surface area (Å²) in [7, 11) is 0. The molecule has 0 aromatic carbocycles. The van der Waals surface area contributed by atoms with E-state index >= 15 is 0 Å². The summed E-state index contributed by atoms with van der Waals surface area (Å²) in [6.07, 6.45) is 1.50. The summed E-state index contributed by atoms with van der Waals surface area (Å²) in [6, 6.07) is 0. The molecule has 1 aliphatic rings. The van der Waals surface area contributed by atoms with Crippen LogP contribution in [0.2, 0.25) is 0 Å². The van der Waals surface area contributed by atoms with E-state index in [4.69, 9.17) is 0 Å². The van der Waals surface area contributed by atoms with Gasteiger partial charge in [0.1, 0.15) is 0 Å². The molecule has 40 valence electrons. The highest BCUT2D eigenvalue weighted by Gasteiger charge is 2.10. The fourth-order valence-electron chi connectivity index (χ4n) is 0.485. The van der Waals surface area contributed by atoms with Crippen LogP contribution in [0.3, 0.4) is 0 Å². The van der Waals surface area contributed by atoms with Gasteiger partial charge in [-0.1, -0.05) is 6.92 Å². The second-order valence-corrected chi connectivity index (χ2v) is 1.71. The van der Waals surface area contributed by atoms with Crippen molar-refractivity contribution in [1.82, 2.24) is 0 Å². The quantitative estimate of drug-likeness (QED) is 0.407. The van der Waals surface area contributed by atoms with Gasteiger partial charge >= 0.3 is 0 Å². The number of nitrogens with zero attached hydrogens (tertiary/aromatic N) is 1. The number of hydrogen-bond donors (Lipinski definition) is 0. The van der Waals surface area contributed by atoms with Crippen LogP contribution in [-0.2, 0) is 4.84 Å². The fourth-order valence-corrected chi connectivity index (χ4v) is 0.485. The Morgan fingerprint density at radius 2 is 2.71 bits per heavy atom. The monoisotopic (exact) mass is 101 g/mol. The van der Waals surface area contributed by atoms with Crippen molar-refractivity contribution in [1.29, 1.82) is 0 Å². The zero-order chi connectivity index (χ0) is 5.28. The third kappa shape index (κ3) is 0.824. The number of hydrogen-bond acceptors (Lipinski definition) is 2. The van der Waals surface area contributed by atoms with Gasteiger partial charge in [-0.15, -0.1) is 0 Å². The van der Waals surface area contributed by atoms with Crippen molar-refractivity contribution in [3.63, 3.8) is 0 Å². The minimum absolute atomic E-state index is 0.289. The predicted octanol–water partition coefficient (Wildman–Crippen LogP) is 0.149. The Morgan fingerprint density at radius 3 is 2.86 bits per heavy atom. The van der Waals surface area contributed by atoms with E-state index in [1.165, 1.54) is 6.21 Å². The minimum Gasteiger partial charge on any atom is -0.403 e. The molecule has 0 radical (unpaired) electrons. The molecule has 0 fully saturated rings. The van der Waals surface area contributed by atoms with Crippen molar-refractivity contribution >= 4 is 6.21 Å². The van der Waals surface area contributed by atoms with Crippen molar-refractivity contribution in [2.75, 3.05) is 6.61 Å². The summed E-state index contributed by atoms with van der Waals surface area (Å²) >= 11 is 0. The molecule has 7 heavy (non-hydrogen) atoms. The van der Waals surface area contributed by atoms with Crippen LogP contribution in [0.4, 0.5) is 0 Å². The lowest BCUT2D eigenvalue weighted by Crippen LogP contribution is -1.94. The first-order valence-electron chi connectivity index (χ1n) is 2.23. The normalized spacial score (nSPS) is 29.3. The van der Waals surface area contributed by atoms with E-state index in [1.807, 2.05) is 6.92 Å². The zero-order valence-electron chi connectivity index (χ0n) is 4.13. The average molecular weight is 101 g/mol. The van der Waals surface area contributed by atoms with Crippen LogP contribution in [-0.4, -0.2) is 17.7 Å². The molecular formula is C4H7NO2. The van der Waals surface area contributed by atoms with E-state index in [2.05, 4.69) is 4.84 Å². The van der Waals surface area contributed by atoms with Gasteiger partial charge < -0.3 is 4.84 Å². The molecule has 0 saturated carbocycles. The topological polar surface area (TPSA) is 35.3 Å². The summed E-state index contributed by atoms with van der Waals surface area (Å²) in [5, 5.41) is 10.1. The van der Waals surface area contributed by atoms with Gasteiger partial charge in [-0.3, -0.25) is 5.21 Å². The Morgan fingerprint density at radius 1 is 2.00 bits per heavy atom. The maximum Gasteiger partial charge on any atom is 0.213 e.